The maximum atomic E-state index is 15.5. The van der Waals surface area contributed by atoms with E-state index < -0.39 is 16.2 Å². The van der Waals surface area contributed by atoms with Crippen molar-refractivity contribution in [3.8, 4) is 11.3 Å². The molecule has 0 saturated carbocycles. The smallest absolute Gasteiger partial charge is 0.240 e. The summed E-state index contributed by atoms with van der Waals surface area (Å²) in [5.41, 5.74) is 2.59. The van der Waals surface area contributed by atoms with Crippen molar-refractivity contribution >= 4 is 26.6 Å². The van der Waals surface area contributed by atoms with E-state index in [9.17, 15) is 8.42 Å². The molecule has 0 aliphatic carbocycles. The average Bonchev–Trinajstić information content (AvgIpc) is 3.26. The lowest BCUT2D eigenvalue weighted by Crippen LogP contribution is -2.18. The zero-order chi connectivity index (χ0) is 22.3. The van der Waals surface area contributed by atoms with E-state index in [0.717, 1.165) is 10.9 Å². The lowest BCUT2D eigenvalue weighted by Gasteiger charge is -2.09. The summed E-state index contributed by atoms with van der Waals surface area (Å²) in [6.45, 7) is 0. The van der Waals surface area contributed by atoms with Crippen molar-refractivity contribution in [2.24, 2.45) is 0 Å². The van der Waals surface area contributed by atoms with Crippen molar-refractivity contribution in [1.29, 1.82) is 0 Å². The molecular weight excluding hydrogens is 431 g/mol. The predicted octanol–water partition coefficient (Wildman–Crippen LogP) is 3.31. The number of halogens is 1. The van der Waals surface area contributed by atoms with Crippen LogP contribution < -0.4 is 4.72 Å². The summed E-state index contributed by atoms with van der Waals surface area (Å²) in [6.07, 6.45) is 0.122. The third-order valence-corrected chi connectivity index (χ3v) is 6.55. The molecule has 8 nitrogen and oxygen atoms in total. The monoisotopic (exact) mass is 448 g/mol. The Balaban J connectivity index is 1.58. The van der Waals surface area contributed by atoms with Crippen LogP contribution in [0.5, 0.6) is 0 Å². The van der Waals surface area contributed by atoms with Crippen LogP contribution in [0.4, 0.5) is 4.39 Å². The molecule has 1 unspecified atom stereocenters. The second-order valence-electron chi connectivity index (χ2n) is 7.10. The van der Waals surface area contributed by atoms with Crippen LogP contribution in [-0.2, 0) is 10.0 Å². The van der Waals surface area contributed by atoms with Gasteiger partial charge in [0.05, 0.1) is 16.1 Å². The summed E-state index contributed by atoms with van der Waals surface area (Å²) < 4.78 is 43.4. The predicted molar refractivity (Wildman–Crippen MR) is 117 cm³/mol. The molecule has 0 fully saturated rings. The van der Waals surface area contributed by atoms with Crippen LogP contribution in [0.1, 0.15) is 17.6 Å². The normalized spacial score (nSPS) is 12.9. The second-order valence-corrected chi connectivity index (χ2v) is 8.99. The molecule has 3 heterocycles. The van der Waals surface area contributed by atoms with Gasteiger partial charge in [0, 0.05) is 17.1 Å². The van der Waals surface area contributed by atoms with E-state index in [1.165, 1.54) is 23.7 Å². The minimum absolute atomic E-state index is 0.0316. The summed E-state index contributed by atoms with van der Waals surface area (Å²) in [5.74, 6) is 0.0316. The van der Waals surface area contributed by atoms with Crippen LogP contribution in [0.25, 0.3) is 27.8 Å². The number of rotatable bonds is 5. The molecule has 32 heavy (non-hydrogen) atoms. The van der Waals surface area contributed by atoms with Gasteiger partial charge in [-0.1, -0.05) is 24.3 Å². The molecule has 0 radical (unpaired) electrons. The summed E-state index contributed by atoms with van der Waals surface area (Å²) in [5, 5.41) is 13.3. The highest BCUT2D eigenvalue weighted by Gasteiger charge is 2.21. The molecule has 2 aromatic carbocycles. The fourth-order valence-electron chi connectivity index (χ4n) is 3.46. The average molecular weight is 448 g/mol. The molecule has 0 spiro atoms. The highest BCUT2D eigenvalue weighted by Crippen LogP contribution is 2.28. The number of sulfonamides is 1. The van der Waals surface area contributed by atoms with Gasteiger partial charge in [0.15, 0.2) is 17.6 Å². The van der Waals surface area contributed by atoms with Gasteiger partial charge < -0.3 is 0 Å². The number of fused-ring (bicyclic) bond motifs is 2. The van der Waals surface area contributed by atoms with E-state index in [1.54, 1.807) is 54.7 Å². The van der Waals surface area contributed by atoms with Crippen molar-refractivity contribution in [2.75, 3.05) is 7.05 Å². The zero-order valence-electron chi connectivity index (χ0n) is 16.8. The van der Waals surface area contributed by atoms with Gasteiger partial charge in [-0.25, -0.2) is 17.5 Å². The van der Waals surface area contributed by atoms with Crippen LogP contribution >= 0.6 is 0 Å². The van der Waals surface area contributed by atoms with Gasteiger partial charge in [-0.2, -0.15) is 9.61 Å². The molecule has 0 amide bonds. The Morgan fingerprint density at radius 2 is 1.88 bits per heavy atom. The lowest BCUT2D eigenvalue weighted by atomic mass is 10.1. The second kappa shape index (κ2) is 7.74. The molecule has 160 valence electrons. The van der Waals surface area contributed by atoms with Crippen molar-refractivity contribution in [3.05, 3.63) is 84.3 Å². The van der Waals surface area contributed by atoms with E-state index in [2.05, 4.69) is 25.0 Å². The standard InChI is InChI=1S/C22H17FN6O2S/c1-24-32(30,31)17-6-2-4-15(13-17)19-9-10-20-26-27-22(29(20)28-19)21(23)16-7-8-18-14(12-16)5-3-11-25-18/h2-13,21,24H,1H3. The molecule has 10 heteroatoms. The number of alkyl halides is 1. The number of pyridine rings is 1. The Bertz CT molecular complexity index is 1570. The number of nitrogens with one attached hydrogen (secondary N) is 1. The molecule has 0 aliphatic heterocycles. The van der Waals surface area contributed by atoms with Gasteiger partial charge in [0.2, 0.25) is 10.0 Å². The molecule has 3 aromatic heterocycles. The van der Waals surface area contributed by atoms with Gasteiger partial charge in [-0.3, -0.25) is 4.98 Å². The first-order valence-electron chi connectivity index (χ1n) is 9.71. The largest absolute Gasteiger partial charge is 0.256 e. The highest BCUT2D eigenvalue weighted by molar-refractivity contribution is 7.89. The number of benzene rings is 2. The number of nitrogens with zero attached hydrogens (tertiary/aromatic N) is 5. The Morgan fingerprint density at radius 1 is 1.00 bits per heavy atom. The minimum atomic E-state index is -3.61. The maximum Gasteiger partial charge on any atom is 0.240 e. The summed E-state index contributed by atoms with van der Waals surface area (Å²) in [4.78, 5) is 4.36. The molecule has 0 aliphatic rings. The molecule has 0 bridgehead atoms. The Labute approximate surface area is 182 Å². The first-order chi connectivity index (χ1) is 15.5. The summed E-state index contributed by atoms with van der Waals surface area (Å²) in [7, 11) is -2.26. The Kier molecular flexibility index (Phi) is 4.87. The van der Waals surface area contributed by atoms with E-state index in [0.29, 0.717) is 22.5 Å². The lowest BCUT2D eigenvalue weighted by molar-refractivity contribution is 0.377. The third kappa shape index (κ3) is 3.49. The molecule has 0 saturated heterocycles. The van der Waals surface area contributed by atoms with Crippen molar-refractivity contribution < 1.29 is 12.8 Å². The van der Waals surface area contributed by atoms with Gasteiger partial charge >= 0.3 is 0 Å². The van der Waals surface area contributed by atoms with Gasteiger partial charge in [-0.15, -0.1) is 10.2 Å². The minimum Gasteiger partial charge on any atom is -0.256 e. The molecule has 1 atom stereocenters. The van der Waals surface area contributed by atoms with E-state index in [4.69, 9.17) is 0 Å². The topological polar surface area (TPSA) is 102 Å². The zero-order valence-corrected chi connectivity index (χ0v) is 17.7. The fourth-order valence-corrected chi connectivity index (χ4v) is 4.23. The Hall–Kier alpha value is -3.76. The molecular formula is C22H17FN6O2S. The van der Waals surface area contributed by atoms with Crippen molar-refractivity contribution in [3.63, 3.8) is 0 Å². The third-order valence-electron chi connectivity index (χ3n) is 5.14. The van der Waals surface area contributed by atoms with Crippen LogP contribution in [0.3, 0.4) is 0 Å². The summed E-state index contributed by atoms with van der Waals surface area (Å²) in [6, 6.07) is 18.5. The molecule has 5 rings (SSSR count). The molecule has 5 aromatic rings. The van der Waals surface area contributed by atoms with Crippen LogP contribution in [0.15, 0.2) is 77.8 Å². The van der Waals surface area contributed by atoms with Crippen molar-refractivity contribution in [2.45, 2.75) is 11.1 Å². The Morgan fingerprint density at radius 3 is 2.72 bits per heavy atom. The summed E-state index contributed by atoms with van der Waals surface area (Å²) >= 11 is 0. The van der Waals surface area contributed by atoms with Crippen LogP contribution in [-0.4, -0.2) is 40.3 Å². The number of hydrogen-bond donors (Lipinski definition) is 1. The van der Waals surface area contributed by atoms with E-state index >= 15 is 4.39 Å². The first kappa shape index (κ1) is 20.2. The van der Waals surface area contributed by atoms with Crippen LogP contribution in [0, 0.1) is 0 Å². The van der Waals surface area contributed by atoms with Crippen LogP contribution in [0.2, 0.25) is 0 Å². The number of aromatic nitrogens is 5. The van der Waals surface area contributed by atoms with E-state index in [1.807, 2.05) is 6.07 Å². The van der Waals surface area contributed by atoms with E-state index in [-0.39, 0.29) is 10.7 Å². The van der Waals surface area contributed by atoms with Gasteiger partial charge in [0.25, 0.3) is 0 Å². The van der Waals surface area contributed by atoms with Gasteiger partial charge in [-0.05, 0) is 55.1 Å². The van der Waals surface area contributed by atoms with Gasteiger partial charge in [0.1, 0.15) is 0 Å². The number of hydrogen-bond acceptors (Lipinski definition) is 6. The maximum absolute atomic E-state index is 15.5. The van der Waals surface area contributed by atoms with Crippen molar-refractivity contribution in [1.82, 2.24) is 29.5 Å². The first-order valence-corrected chi connectivity index (χ1v) is 11.2. The SMILES string of the molecule is CNS(=O)(=O)c1cccc(-c2ccc3nnc(C(F)c4ccc5ncccc5c4)n3n2)c1. The quantitative estimate of drug-likeness (QED) is 0.443. The highest BCUT2D eigenvalue weighted by atomic mass is 32.2. The fraction of sp³-hybridized carbons (Fsp3) is 0.0909. The molecule has 1 N–H and O–H groups in total.